The molecule has 0 radical (unpaired) electrons. The number of hydrogen-bond donors (Lipinski definition) is 2. The minimum atomic E-state index is -0.827. The molecule has 4 aromatic rings. The van der Waals surface area contributed by atoms with E-state index in [9.17, 15) is 9.59 Å². The van der Waals surface area contributed by atoms with Crippen molar-refractivity contribution in [2.24, 2.45) is 5.73 Å². The molecule has 0 aromatic carbocycles. The Kier molecular flexibility index (Phi) is 4.83. The highest BCUT2D eigenvalue weighted by molar-refractivity contribution is 7.14. The van der Waals surface area contributed by atoms with Gasteiger partial charge in [-0.15, -0.1) is 11.3 Å². The predicted octanol–water partition coefficient (Wildman–Crippen LogP) is 2.45. The van der Waals surface area contributed by atoms with E-state index in [1.165, 1.54) is 18.4 Å². The second-order valence-corrected chi connectivity index (χ2v) is 8.58. The Labute approximate surface area is 185 Å². The Hall–Kier alpha value is -3.50. The third-order valence-corrected chi connectivity index (χ3v) is 6.58. The molecule has 4 aromatic heterocycles. The molecular formula is C22H20FN5O3S. The van der Waals surface area contributed by atoms with Crippen LogP contribution in [0.25, 0.3) is 27.2 Å². The van der Waals surface area contributed by atoms with E-state index in [1.807, 2.05) is 24.3 Å². The Balaban J connectivity index is 1.77. The van der Waals surface area contributed by atoms with Crippen LogP contribution >= 0.6 is 11.3 Å². The minimum Gasteiger partial charge on any atom is -0.494 e. The van der Waals surface area contributed by atoms with Gasteiger partial charge in [-0.05, 0) is 47.9 Å². The lowest BCUT2D eigenvalue weighted by molar-refractivity contribution is 0.414. The summed E-state index contributed by atoms with van der Waals surface area (Å²) >= 11 is 1.40. The van der Waals surface area contributed by atoms with Crippen LogP contribution in [0.1, 0.15) is 30.0 Å². The summed E-state index contributed by atoms with van der Waals surface area (Å²) in [4.78, 5) is 30.8. The Morgan fingerprint density at radius 1 is 1.31 bits per heavy atom. The maximum Gasteiger partial charge on any atom is 0.354 e. The fraction of sp³-hybridized carbons (Fsp3) is 0.227. The molecule has 1 saturated carbocycles. The quantitative estimate of drug-likeness (QED) is 0.448. The van der Waals surface area contributed by atoms with E-state index in [-0.39, 0.29) is 22.7 Å². The Morgan fingerprint density at radius 3 is 2.78 bits per heavy atom. The lowest BCUT2D eigenvalue weighted by Gasteiger charge is -2.16. The number of halogens is 1. The summed E-state index contributed by atoms with van der Waals surface area (Å²) in [5.41, 5.74) is 7.14. The van der Waals surface area contributed by atoms with Crippen LogP contribution in [0.2, 0.25) is 0 Å². The zero-order chi connectivity index (χ0) is 22.6. The van der Waals surface area contributed by atoms with Gasteiger partial charge in [0.2, 0.25) is 0 Å². The maximum atomic E-state index is 15.3. The molecule has 4 heterocycles. The molecule has 4 N–H and O–H groups in total. The first-order valence-electron chi connectivity index (χ1n) is 10.0. The number of hydrogen-bond acceptors (Lipinski definition) is 7. The molecule has 1 aliphatic carbocycles. The molecule has 164 valence electrons. The van der Waals surface area contributed by atoms with Gasteiger partial charge in [-0.2, -0.15) is 4.68 Å². The maximum absolute atomic E-state index is 15.3. The number of fused-ring (bicyclic) bond motifs is 1. The van der Waals surface area contributed by atoms with Gasteiger partial charge in [0, 0.05) is 6.54 Å². The summed E-state index contributed by atoms with van der Waals surface area (Å²) in [5, 5.41) is 1.79. The van der Waals surface area contributed by atoms with Crippen LogP contribution in [0.5, 0.6) is 5.75 Å². The molecule has 0 unspecified atom stereocenters. The van der Waals surface area contributed by atoms with Gasteiger partial charge >= 0.3 is 5.69 Å². The average molecular weight is 453 g/mol. The van der Waals surface area contributed by atoms with Crippen molar-refractivity contribution in [3.63, 3.8) is 0 Å². The third kappa shape index (κ3) is 3.10. The van der Waals surface area contributed by atoms with Crippen LogP contribution in [0.4, 0.5) is 4.39 Å². The number of thiophene rings is 1. The van der Waals surface area contributed by atoms with Gasteiger partial charge in [0.15, 0.2) is 11.6 Å². The van der Waals surface area contributed by atoms with E-state index >= 15 is 4.39 Å². The van der Waals surface area contributed by atoms with Gasteiger partial charge in [-0.25, -0.2) is 9.18 Å². The average Bonchev–Trinajstić information content (AvgIpc) is 3.52. The third-order valence-electron chi connectivity index (χ3n) is 5.63. The van der Waals surface area contributed by atoms with E-state index < -0.39 is 17.1 Å². The monoisotopic (exact) mass is 453 g/mol. The molecule has 1 fully saturated rings. The van der Waals surface area contributed by atoms with Crippen LogP contribution in [-0.2, 0) is 6.54 Å². The number of pyridine rings is 2. The highest BCUT2D eigenvalue weighted by atomic mass is 32.1. The van der Waals surface area contributed by atoms with Crippen molar-refractivity contribution in [3.05, 3.63) is 73.8 Å². The highest BCUT2D eigenvalue weighted by Gasteiger charge is 2.33. The smallest absolute Gasteiger partial charge is 0.354 e. The molecule has 0 bridgehead atoms. The topological polar surface area (TPSA) is 118 Å². The normalized spacial score (nSPS) is 13.6. The predicted molar refractivity (Wildman–Crippen MR) is 121 cm³/mol. The van der Waals surface area contributed by atoms with Crippen molar-refractivity contribution in [3.8, 4) is 27.4 Å². The number of methoxy groups -OCH3 is 1. The highest BCUT2D eigenvalue weighted by Crippen LogP contribution is 2.45. The molecule has 0 amide bonds. The van der Waals surface area contributed by atoms with Gasteiger partial charge in [0.1, 0.15) is 5.52 Å². The molecular weight excluding hydrogens is 433 g/mol. The Morgan fingerprint density at radius 2 is 2.09 bits per heavy atom. The number of nitrogen functional groups attached to an aromatic ring is 1. The fourth-order valence-corrected chi connectivity index (χ4v) is 4.82. The van der Waals surface area contributed by atoms with Gasteiger partial charge in [0.05, 0.1) is 40.7 Å². The number of nitrogens with zero attached hydrogens (tertiary/aromatic N) is 3. The van der Waals surface area contributed by atoms with Gasteiger partial charge in [-0.1, -0.05) is 6.07 Å². The molecule has 10 heteroatoms. The lowest BCUT2D eigenvalue weighted by Crippen LogP contribution is -2.44. The fourth-order valence-electron chi connectivity index (χ4n) is 3.96. The van der Waals surface area contributed by atoms with Gasteiger partial charge < -0.3 is 16.3 Å². The summed E-state index contributed by atoms with van der Waals surface area (Å²) in [5.74, 6) is 5.12. The van der Waals surface area contributed by atoms with E-state index in [0.717, 1.165) is 39.7 Å². The Bertz CT molecular complexity index is 1490. The summed E-state index contributed by atoms with van der Waals surface area (Å²) in [6.45, 7) is 0.316. The largest absolute Gasteiger partial charge is 0.494 e. The molecule has 8 nitrogen and oxygen atoms in total. The van der Waals surface area contributed by atoms with Crippen LogP contribution < -0.4 is 27.6 Å². The number of rotatable bonds is 5. The standard InChI is InChI=1S/C22H20FN5O3S/c1-31-20-17(12-7-16(32-10-12)15-4-2-3-13(8-24)26-15)14(23)9-27-19(20)18(11-5-6-11)21(29)28(25)22(27)30/h2-4,7,9-11H,5-6,8,24-25H2,1H3. The lowest BCUT2D eigenvalue weighted by atomic mass is 10.0. The van der Waals surface area contributed by atoms with Crippen LogP contribution in [0.15, 0.2) is 45.4 Å². The zero-order valence-electron chi connectivity index (χ0n) is 17.2. The van der Waals surface area contributed by atoms with Crippen molar-refractivity contribution in [1.29, 1.82) is 0 Å². The molecule has 5 rings (SSSR count). The molecule has 0 spiro atoms. The number of nitrogens with two attached hydrogens (primary N) is 2. The van der Waals surface area contributed by atoms with Crippen molar-refractivity contribution in [2.75, 3.05) is 13.0 Å². The van der Waals surface area contributed by atoms with E-state index in [4.69, 9.17) is 16.3 Å². The van der Waals surface area contributed by atoms with E-state index in [1.54, 1.807) is 5.38 Å². The SMILES string of the molecule is COc1c(-c2csc(-c3cccc(CN)n3)c2)c(F)cn2c(=O)n(N)c(=O)c(C3CC3)c12. The number of ether oxygens (including phenoxy) is 1. The van der Waals surface area contributed by atoms with Crippen LogP contribution in [0, 0.1) is 5.82 Å². The van der Waals surface area contributed by atoms with Crippen molar-refractivity contribution in [1.82, 2.24) is 14.1 Å². The van der Waals surface area contributed by atoms with E-state index in [2.05, 4.69) is 4.98 Å². The number of aromatic nitrogens is 3. The molecule has 0 saturated heterocycles. The van der Waals surface area contributed by atoms with Gasteiger partial charge in [0.25, 0.3) is 5.56 Å². The first kappa shape index (κ1) is 20.4. The summed E-state index contributed by atoms with van der Waals surface area (Å²) in [6, 6.07) is 7.37. The van der Waals surface area contributed by atoms with Crippen molar-refractivity contribution < 1.29 is 9.13 Å². The molecule has 32 heavy (non-hydrogen) atoms. The van der Waals surface area contributed by atoms with Crippen molar-refractivity contribution in [2.45, 2.75) is 25.3 Å². The molecule has 1 aliphatic rings. The molecule has 0 aliphatic heterocycles. The van der Waals surface area contributed by atoms with Crippen molar-refractivity contribution >= 4 is 16.9 Å². The second kappa shape index (κ2) is 7.57. The first-order chi connectivity index (χ1) is 15.4. The summed E-state index contributed by atoms with van der Waals surface area (Å²) in [7, 11) is 1.40. The van der Waals surface area contributed by atoms with Gasteiger partial charge in [-0.3, -0.25) is 14.2 Å². The second-order valence-electron chi connectivity index (χ2n) is 7.67. The first-order valence-corrected chi connectivity index (χ1v) is 10.9. The minimum absolute atomic E-state index is 0.0404. The zero-order valence-corrected chi connectivity index (χ0v) is 18.0. The molecule has 0 atom stereocenters. The summed E-state index contributed by atoms with van der Waals surface area (Å²) in [6.07, 6.45) is 2.66. The van der Waals surface area contributed by atoms with Crippen LogP contribution in [-0.4, -0.2) is 21.2 Å². The van der Waals surface area contributed by atoms with Crippen LogP contribution in [0.3, 0.4) is 0 Å². The van der Waals surface area contributed by atoms with E-state index in [0.29, 0.717) is 22.3 Å². The summed E-state index contributed by atoms with van der Waals surface area (Å²) < 4.78 is 22.5.